The third-order valence-corrected chi connectivity index (χ3v) is 16.7. The van der Waals surface area contributed by atoms with Crippen LogP contribution in [0.15, 0.2) is 60.7 Å². The summed E-state index contributed by atoms with van der Waals surface area (Å²) in [7, 11) is 3.01. The average molecular weight is 945 g/mol. The van der Waals surface area contributed by atoms with Gasteiger partial charge in [-0.05, 0) is 173 Å². The fourth-order valence-corrected chi connectivity index (χ4v) is 11.9. The number of methoxy groups -OCH3 is 2. The number of pyridine rings is 2. The van der Waals surface area contributed by atoms with Gasteiger partial charge in [0.1, 0.15) is 17.2 Å². The zero-order chi connectivity index (χ0) is 48.5. The number of aldehydes is 1. The molecule has 2 aromatic carbocycles. The molecule has 2 aliphatic heterocycles. The van der Waals surface area contributed by atoms with Crippen LogP contribution in [-0.4, -0.2) is 85.7 Å². The van der Waals surface area contributed by atoms with Crippen LogP contribution in [0.2, 0.25) is 0 Å². The molecule has 0 spiro atoms. The molecule has 0 radical (unpaired) electrons. The Hall–Kier alpha value is -4.61. The quantitative estimate of drug-likeness (QED) is 0.114. The second kappa shape index (κ2) is 23.1. The predicted molar refractivity (Wildman–Crippen MR) is 272 cm³/mol. The molecule has 4 heterocycles. The van der Waals surface area contributed by atoms with Gasteiger partial charge < -0.3 is 24.3 Å². The number of nitrogens with zero attached hydrogens (tertiary/aromatic N) is 3. The number of nitrogens with one attached hydrogen (secondary N) is 1. The van der Waals surface area contributed by atoms with Gasteiger partial charge in [0.05, 0.1) is 55.0 Å². The monoisotopic (exact) mass is 945 g/mol. The summed E-state index contributed by atoms with van der Waals surface area (Å²) in [5.41, 5.74) is 4.38. The van der Waals surface area contributed by atoms with E-state index in [-0.39, 0.29) is 23.8 Å². The normalized spacial score (nSPS) is 25.4. The van der Waals surface area contributed by atoms with Gasteiger partial charge in [-0.15, -0.1) is 0 Å². The Morgan fingerprint density at radius 2 is 1.12 bits per heavy atom. The number of benzene rings is 2. The van der Waals surface area contributed by atoms with Gasteiger partial charge in [-0.2, -0.15) is 0 Å². The molecule has 2 aromatic heterocycles. The number of ether oxygens (including phenoxy) is 4. The molecule has 0 bridgehead atoms. The Morgan fingerprint density at radius 1 is 0.623 bits per heavy atom. The first-order valence-electron chi connectivity index (χ1n) is 26.4. The van der Waals surface area contributed by atoms with Crippen molar-refractivity contribution in [1.29, 1.82) is 0 Å². The van der Waals surface area contributed by atoms with E-state index in [2.05, 4.69) is 73.2 Å². The van der Waals surface area contributed by atoms with Crippen LogP contribution in [0, 0.1) is 46.3 Å². The van der Waals surface area contributed by atoms with Crippen LogP contribution in [-0.2, 0) is 25.6 Å². The Labute approximate surface area is 411 Å². The number of hydrogen-bond donors (Lipinski definition) is 1. The van der Waals surface area contributed by atoms with Crippen molar-refractivity contribution in [3.05, 3.63) is 72.1 Å². The number of esters is 2. The summed E-state index contributed by atoms with van der Waals surface area (Å²) in [5.74, 6) is 5.09. The van der Waals surface area contributed by atoms with Gasteiger partial charge >= 0.3 is 11.9 Å². The molecule has 10 rings (SSSR count). The van der Waals surface area contributed by atoms with Crippen LogP contribution >= 0.6 is 0 Å². The molecule has 4 saturated carbocycles. The molecule has 1 N–H and O–H groups in total. The molecular weight excluding hydrogens is 865 g/mol. The molecule has 2 saturated heterocycles. The highest BCUT2D eigenvalue weighted by Crippen LogP contribution is 2.41. The van der Waals surface area contributed by atoms with Crippen molar-refractivity contribution < 1.29 is 33.3 Å². The second-order valence-electron chi connectivity index (χ2n) is 23.0. The molecular formula is C58H80N4O7. The summed E-state index contributed by atoms with van der Waals surface area (Å²) >= 11 is 0. The highest BCUT2D eigenvalue weighted by molar-refractivity contribution is 5.84. The highest BCUT2D eigenvalue weighted by Gasteiger charge is 2.39. The first-order valence-corrected chi connectivity index (χ1v) is 26.4. The minimum atomic E-state index is -0.0162. The van der Waals surface area contributed by atoms with Crippen LogP contribution in [0.25, 0.3) is 21.8 Å². The lowest BCUT2D eigenvalue weighted by Gasteiger charge is -2.45. The van der Waals surface area contributed by atoms with Gasteiger partial charge in [0.25, 0.3) is 0 Å². The summed E-state index contributed by atoms with van der Waals surface area (Å²) in [6, 6.07) is 20.2. The Bertz CT molecular complexity index is 2340. The van der Waals surface area contributed by atoms with Gasteiger partial charge in [0.15, 0.2) is 6.29 Å². The third-order valence-electron chi connectivity index (χ3n) is 16.7. The lowest BCUT2D eigenvalue weighted by atomic mass is 9.72. The van der Waals surface area contributed by atoms with Crippen molar-refractivity contribution in [2.45, 2.75) is 149 Å². The van der Waals surface area contributed by atoms with E-state index in [4.69, 9.17) is 23.9 Å². The maximum Gasteiger partial charge on any atom is 0.308 e. The molecule has 4 unspecified atom stereocenters. The Kier molecular flexibility index (Phi) is 17.0. The smallest absolute Gasteiger partial charge is 0.308 e. The van der Waals surface area contributed by atoms with Crippen molar-refractivity contribution in [3.63, 3.8) is 0 Å². The molecule has 4 aliphatic carbocycles. The SMILES string of the molecule is CC1(C)CCC(Oc2ccc3nc(C=O)ccc3c2)CC1.COC(=O)C1CCCC(C2CN(Cc3ccc4cc(OC5CCC(C)(C)CC5)ccc4n3)C2)C1.COC(=O)C1CCCC(C2CNC2)C1. The lowest BCUT2D eigenvalue weighted by Crippen LogP contribution is -2.50. The lowest BCUT2D eigenvalue weighted by molar-refractivity contribution is -0.148. The fraction of sp³-hybridized carbons (Fsp3) is 0.638. The van der Waals surface area contributed by atoms with E-state index in [0.29, 0.717) is 40.6 Å². The Balaban J connectivity index is 0.000000155. The molecule has 0 amide bonds. The summed E-state index contributed by atoms with van der Waals surface area (Å²) in [5, 5.41) is 5.46. The minimum Gasteiger partial charge on any atom is -0.490 e. The molecule has 374 valence electrons. The average Bonchev–Trinajstić information content (AvgIpc) is 3.33. The number of hydrogen-bond acceptors (Lipinski definition) is 11. The third kappa shape index (κ3) is 13.8. The first-order chi connectivity index (χ1) is 33.2. The first kappa shape index (κ1) is 50.8. The van der Waals surface area contributed by atoms with E-state index >= 15 is 0 Å². The number of carbonyl (C=O) groups is 3. The number of rotatable bonds is 11. The number of carbonyl (C=O) groups excluding carboxylic acids is 3. The van der Waals surface area contributed by atoms with Gasteiger partial charge in [0, 0.05) is 30.4 Å². The summed E-state index contributed by atoms with van der Waals surface area (Å²) in [6.45, 7) is 14.8. The van der Waals surface area contributed by atoms with Crippen LogP contribution in [0.5, 0.6) is 11.5 Å². The molecule has 4 aromatic rings. The van der Waals surface area contributed by atoms with E-state index in [1.807, 2.05) is 24.3 Å². The van der Waals surface area contributed by atoms with Crippen molar-refractivity contribution in [1.82, 2.24) is 20.2 Å². The largest absolute Gasteiger partial charge is 0.490 e. The number of aromatic nitrogens is 2. The van der Waals surface area contributed by atoms with E-state index in [1.54, 1.807) is 6.07 Å². The van der Waals surface area contributed by atoms with Crippen LogP contribution in [0.4, 0.5) is 0 Å². The van der Waals surface area contributed by atoms with Crippen molar-refractivity contribution in [3.8, 4) is 11.5 Å². The van der Waals surface area contributed by atoms with Crippen molar-refractivity contribution >= 4 is 40.0 Å². The minimum absolute atomic E-state index is 0.00184. The van der Waals surface area contributed by atoms with Gasteiger partial charge in [-0.1, -0.05) is 65.5 Å². The van der Waals surface area contributed by atoms with Gasteiger partial charge in [-0.3, -0.25) is 24.3 Å². The zero-order valence-corrected chi connectivity index (χ0v) is 42.5. The Morgan fingerprint density at radius 3 is 1.59 bits per heavy atom. The summed E-state index contributed by atoms with van der Waals surface area (Å²) in [6.07, 6.45) is 19.8. The topological polar surface area (TPSA) is 129 Å². The second-order valence-corrected chi connectivity index (χ2v) is 23.0. The summed E-state index contributed by atoms with van der Waals surface area (Å²) in [4.78, 5) is 45.8. The molecule has 11 heteroatoms. The molecule has 11 nitrogen and oxygen atoms in total. The predicted octanol–water partition coefficient (Wildman–Crippen LogP) is 11.6. The van der Waals surface area contributed by atoms with Crippen LogP contribution in [0.1, 0.15) is 147 Å². The summed E-state index contributed by atoms with van der Waals surface area (Å²) < 4.78 is 22.2. The van der Waals surface area contributed by atoms with Crippen molar-refractivity contribution in [2.75, 3.05) is 40.4 Å². The molecule has 69 heavy (non-hydrogen) atoms. The fourth-order valence-electron chi connectivity index (χ4n) is 11.9. The number of likely N-dealkylation sites (tertiary alicyclic amines) is 1. The van der Waals surface area contributed by atoms with Gasteiger partial charge in [-0.25, -0.2) is 4.98 Å². The van der Waals surface area contributed by atoms with Crippen LogP contribution < -0.4 is 14.8 Å². The molecule has 6 fully saturated rings. The van der Waals surface area contributed by atoms with E-state index in [9.17, 15) is 14.4 Å². The van der Waals surface area contributed by atoms with E-state index < -0.39 is 0 Å². The zero-order valence-electron chi connectivity index (χ0n) is 42.5. The van der Waals surface area contributed by atoms with E-state index in [1.165, 1.54) is 59.2 Å². The standard InChI is InChI=1S/C29H40N2O3.C18H21NO2.C11H19NO2/c1-29(2)13-11-25(12-14-29)34-26-9-10-27-21(16-26)7-8-24(30-27)19-31-17-23(18-31)20-5-4-6-22(15-20)28(32)33-3;1-18(2)9-7-15(8-10-18)21-16-5-6-17-13(11-16)3-4-14(12-20)19-17;1-14-11(13)9-4-2-3-8(5-9)10-6-12-7-10/h7-10,16,20,22-23,25H,4-6,11-15,17-19H2,1-3H3;3-6,11-12,15H,7-10H2,1-2H3;8-10,12H,2-7H2,1H3. The molecule has 6 aliphatic rings. The van der Waals surface area contributed by atoms with Crippen LogP contribution in [0.3, 0.4) is 0 Å². The maximum absolute atomic E-state index is 11.9. The molecule has 4 atom stereocenters. The highest BCUT2D eigenvalue weighted by atomic mass is 16.5. The van der Waals surface area contributed by atoms with Gasteiger partial charge in [0.2, 0.25) is 0 Å². The van der Waals surface area contributed by atoms with E-state index in [0.717, 1.165) is 148 Å². The number of fused-ring (bicyclic) bond motifs is 2. The van der Waals surface area contributed by atoms with Crippen molar-refractivity contribution in [2.24, 2.45) is 46.3 Å². The maximum atomic E-state index is 11.9.